The summed E-state index contributed by atoms with van der Waals surface area (Å²) >= 11 is 0. The third kappa shape index (κ3) is 3.77. The average Bonchev–Trinajstić information content (AvgIpc) is 2.28. The van der Waals surface area contributed by atoms with E-state index in [4.69, 9.17) is 0 Å². The van der Waals surface area contributed by atoms with Gasteiger partial charge in [0.2, 0.25) is 5.91 Å². The fourth-order valence-electron chi connectivity index (χ4n) is 1.61. The molecule has 1 atom stereocenters. The molecular weight excluding hydrogens is 212 g/mol. The number of hydrogen-bond donors (Lipinski definition) is 0. The van der Waals surface area contributed by atoms with Crippen molar-refractivity contribution < 1.29 is 4.79 Å². The number of hydrogen-bond acceptors (Lipinski definition) is 2. The van der Waals surface area contributed by atoms with E-state index in [-0.39, 0.29) is 11.9 Å². The first-order valence-corrected chi connectivity index (χ1v) is 5.91. The van der Waals surface area contributed by atoms with Crippen molar-refractivity contribution in [2.75, 3.05) is 26.0 Å². The number of benzene rings is 1. The van der Waals surface area contributed by atoms with E-state index in [1.54, 1.807) is 19.0 Å². The van der Waals surface area contributed by atoms with Crippen LogP contribution in [0.3, 0.4) is 0 Å². The molecule has 94 valence electrons. The Morgan fingerprint density at radius 3 is 2.18 bits per heavy atom. The second-order valence-corrected chi connectivity index (χ2v) is 4.79. The maximum Gasteiger partial charge on any atom is 0.224 e. The van der Waals surface area contributed by atoms with Gasteiger partial charge in [-0.25, -0.2) is 0 Å². The third-order valence-corrected chi connectivity index (χ3v) is 3.07. The summed E-state index contributed by atoms with van der Waals surface area (Å²) in [7, 11) is 5.61. The number of amides is 1. The maximum absolute atomic E-state index is 11.6. The summed E-state index contributed by atoms with van der Waals surface area (Å²) in [5, 5.41) is 0. The van der Waals surface area contributed by atoms with Gasteiger partial charge in [-0.1, -0.05) is 17.7 Å². The summed E-state index contributed by atoms with van der Waals surface area (Å²) in [6.07, 6.45) is 0.539. The van der Waals surface area contributed by atoms with Gasteiger partial charge >= 0.3 is 0 Å². The molecular formula is C14H22N2O. The lowest BCUT2D eigenvalue weighted by Gasteiger charge is -2.27. The zero-order valence-electron chi connectivity index (χ0n) is 11.4. The van der Waals surface area contributed by atoms with E-state index >= 15 is 0 Å². The second-order valence-electron chi connectivity index (χ2n) is 4.79. The van der Waals surface area contributed by atoms with Crippen molar-refractivity contribution in [3.05, 3.63) is 29.8 Å². The quantitative estimate of drug-likeness (QED) is 0.798. The minimum atomic E-state index is 0.163. The summed E-state index contributed by atoms with van der Waals surface area (Å²) in [5.41, 5.74) is 2.40. The second kappa shape index (κ2) is 5.71. The highest BCUT2D eigenvalue weighted by Crippen LogP contribution is 2.17. The van der Waals surface area contributed by atoms with Gasteiger partial charge in [-0.2, -0.15) is 0 Å². The van der Waals surface area contributed by atoms with Crippen LogP contribution in [0.25, 0.3) is 0 Å². The van der Waals surface area contributed by atoms with E-state index in [1.165, 1.54) is 5.56 Å². The largest absolute Gasteiger partial charge is 0.371 e. The lowest BCUT2D eigenvalue weighted by atomic mass is 10.1. The van der Waals surface area contributed by atoms with Crippen molar-refractivity contribution >= 4 is 11.6 Å². The summed E-state index contributed by atoms with van der Waals surface area (Å²) < 4.78 is 0. The zero-order chi connectivity index (χ0) is 13.0. The van der Waals surface area contributed by atoms with Crippen LogP contribution in [0.5, 0.6) is 0 Å². The van der Waals surface area contributed by atoms with Gasteiger partial charge in [-0.05, 0) is 26.0 Å². The summed E-state index contributed by atoms with van der Waals surface area (Å²) in [4.78, 5) is 15.4. The molecule has 0 radical (unpaired) electrons. The predicted octanol–water partition coefficient (Wildman–Crippen LogP) is 2.30. The highest BCUT2D eigenvalue weighted by atomic mass is 16.2. The molecule has 0 aliphatic heterocycles. The van der Waals surface area contributed by atoms with Gasteiger partial charge in [0.25, 0.3) is 0 Å². The number of rotatable bonds is 4. The molecule has 0 heterocycles. The van der Waals surface area contributed by atoms with Crippen molar-refractivity contribution in [1.29, 1.82) is 0 Å². The standard InChI is InChI=1S/C14H22N2O/c1-11-6-8-13(9-7-11)16(5)12(2)10-14(17)15(3)4/h6-9,12H,10H2,1-5H3. The summed E-state index contributed by atoms with van der Waals surface area (Å²) in [6.45, 7) is 4.14. The Morgan fingerprint density at radius 1 is 1.18 bits per heavy atom. The first-order valence-electron chi connectivity index (χ1n) is 5.91. The molecule has 1 unspecified atom stereocenters. The van der Waals surface area contributed by atoms with E-state index in [9.17, 15) is 4.79 Å². The van der Waals surface area contributed by atoms with E-state index in [2.05, 4.69) is 43.0 Å². The Labute approximate surface area is 104 Å². The van der Waals surface area contributed by atoms with Crippen LogP contribution in [0, 0.1) is 6.92 Å². The van der Waals surface area contributed by atoms with E-state index in [0.717, 1.165) is 5.69 Å². The lowest BCUT2D eigenvalue weighted by Crippen LogP contribution is -2.34. The number of carbonyl (C=O) groups excluding carboxylic acids is 1. The van der Waals surface area contributed by atoms with Crippen LogP contribution in [0.1, 0.15) is 18.9 Å². The normalized spacial score (nSPS) is 12.1. The van der Waals surface area contributed by atoms with Crippen molar-refractivity contribution in [2.24, 2.45) is 0 Å². The molecule has 0 fully saturated rings. The van der Waals surface area contributed by atoms with Crippen LogP contribution in [0.2, 0.25) is 0 Å². The molecule has 0 saturated carbocycles. The van der Waals surface area contributed by atoms with Gasteiger partial charge in [0.1, 0.15) is 0 Å². The Balaban J connectivity index is 2.66. The number of carbonyl (C=O) groups is 1. The molecule has 1 rings (SSSR count). The summed E-state index contributed by atoms with van der Waals surface area (Å²) in [5.74, 6) is 0.163. The van der Waals surface area contributed by atoms with E-state index in [1.807, 2.05) is 7.05 Å². The molecule has 1 aromatic carbocycles. The molecule has 1 amide bonds. The van der Waals surface area contributed by atoms with Gasteiger partial charge in [0.15, 0.2) is 0 Å². The Morgan fingerprint density at radius 2 is 1.71 bits per heavy atom. The molecule has 0 aromatic heterocycles. The lowest BCUT2D eigenvalue weighted by molar-refractivity contribution is -0.128. The minimum absolute atomic E-state index is 0.163. The molecule has 0 N–H and O–H groups in total. The number of anilines is 1. The highest BCUT2D eigenvalue weighted by molar-refractivity contribution is 5.76. The molecule has 17 heavy (non-hydrogen) atoms. The molecule has 1 aromatic rings. The Bertz CT molecular complexity index is 370. The van der Waals surface area contributed by atoms with Crippen LogP contribution < -0.4 is 4.90 Å². The van der Waals surface area contributed by atoms with Crippen LogP contribution in [0.4, 0.5) is 5.69 Å². The van der Waals surface area contributed by atoms with Crippen LogP contribution >= 0.6 is 0 Å². The van der Waals surface area contributed by atoms with Crippen molar-refractivity contribution in [3.8, 4) is 0 Å². The van der Waals surface area contributed by atoms with Crippen LogP contribution in [-0.2, 0) is 4.79 Å². The third-order valence-electron chi connectivity index (χ3n) is 3.07. The van der Waals surface area contributed by atoms with Gasteiger partial charge in [-0.3, -0.25) is 4.79 Å². The number of aryl methyl sites for hydroxylation is 1. The zero-order valence-corrected chi connectivity index (χ0v) is 11.4. The van der Waals surface area contributed by atoms with E-state index < -0.39 is 0 Å². The Kier molecular flexibility index (Phi) is 4.55. The first-order chi connectivity index (χ1) is 7.91. The van der Waals surface area contributed by atoms with E-state index in [0.29, 0.717) is 6.42 Å². The van der Waals surface area contributed by atoms with Crippen molar-refractivity contribution in [2.45, 2.75) is 26.3 Å². The predicted molar refractivity (Wildman–Crippen MR) is 72.4 cm³/mol. The average molecular weight is 234 g/mol. The monoisotopic (exact) mass is 234 g/mol. The summed E-state index contributed by atoms with van der Waals surface area (Å²) in [6, 6.07) is 8.56. The smallest absolute Gasteiger partial charge is 0.224 e. The minimum Gasteiger partial charge on any atom is -0.371 e. The van der Waals surface area contributed by atoms with Gasteiger partial charge < -0.3 is 9.80 Å². The molecule has 0 aliphatic carbocycles. The fourth-order valence-corrected chi connectivity index (χ4v) is 1.61. The number of nitrogens with zero attached hydrogens (tertiary/aromatic N) is 2. The highest BCUT2D eigenvalue weighted by Gasteiger charge is 2.15. The van der Waals surface area contributed by atoms with Crippen molar-refractivity contribution in [1.82, 2.24) is 4.90 Å². The Hall–Kier alpha value is -1.51. The van der Waals surface area contributed by atoms with Crippen LogP contribution in [-0.4, -0.2) is 38.0 Å². The van der Waals surface area contributed by atoms with Gasteiger partial charge in [0.05, 0.1) is 0 Å². The van der Waals surface area contributed by atoms with Crippen LogP contribution in [0.15, 0.2) is 24.3 Å². The molecule has 0 spiro atoms. The molecule has 0 aliphatic rings. The molecule has 3 heteroatoms. The SMILES string of the molecule is Cc1ccc(N(C)C(C)CC(=O)N(C)C)cc1. The van der Waals surface area contributed by atoms with Crippen molar-refractivity contribution in [3.63, 3.8) is 0 Å². The molecule has 0 bridgehead atoms. The fraction of sp³-hybridized carbons (Fsp3) is 0.500. The molecule has 0 saturated heterocycles. The van der Waals surface area contributed by atoms with Gasteiger partial charge in [0, 0.05) is 39.3 Å². The first kappa shape index (κ1) is 13.6. The topological polar surface area (TPSA) is 23.6 Å². The maximum atomic E-state index is 11.6. The molecule has 3 nitrogen and oxygen atoms in total. The van der Waals surface area contributed by atoms with Gasteiger partial charge in [-0.15, -0.1) is 0 Å².